The molecule has 8 heteroatoms. The molecule has 0 aliphatic heterocycles. The van der Waals surface area contributed by atoms with Gasteiger partial charge in [-0.15, -0.1) is 13.2 Å². The summed E-state index contributed by atoms with van der Waals surface area (Å²) in [6.45, 7) is 0. The lowest BCUT2D eigenvalue weighted by molar-refractivity contribution is -0.276. The molecule has 0 aromatic carbocycles. The third kappa shape index (κ3) is 3.15. The Morgan fingerprint density at radius 1 is 1.50 bits per heavy atom. The van der Waals surface area contributed by atoms with Crippen molar-refractivity contribution in [2.75, 3.05) is 0 Å². The van der Waals surface area contributed by atoms with Crippen LogP contribution in [0, 0.1) is 3.70 Å². The fourth-order valence-electron chi connectivity index (χ4n) is 0.669. The smallest absolute Gasteiger partial charge is 0.390 e. The summed E-state index contributed by atoms with van der Waals surface area (Å²) in [6.07, 6.45) is -4.81. The molecule has 78 valence electrons. The van der Waals surface area contributed by atoms with E-state index in [2.05, 4.69) is 25.7 Å². The van der Waals surface area contributed by atoms with E-state index in [0.29, 0.717) is 0 Å². The molecule has 0 radical (unpaired) electrons. The van der Waals surface area contributed by atoms with Crippen molar-refractivity contribution in [2.24, 2.45) is 0 Å². The Hall–Kier alpha value is -0.250. The van der Waals surface area contributed by atoms with Gasteiger partial charge in [-0.25, -0.2) is 0 Å². The molecule has 0 aliphatic carbocycles. The quantitative estimate of drug-likeness (QED) is 0.598. The number of halogens is 5. The van der Waals surface area contributed by atoms with Gasteiger partial charge in [-0.05, 0) is 38.5 Å². The van der Waals surface area contributed by atoms with Crippen LogP contribution in [0.5, 0.6) is 5.88 Å². The minimum absolute atomic E-state index is 0.174. The largest absolute Gasteiger partial charge is 0.574 e. The maximum absolute atomic E-state index is 11.7. The van der Waals surface area contributed by atoms with E-state index in [1.165, 1.54) is 0 Å². The Morgan fingerprint density at radius 3 is 2.50 bits per heavy atom. The van der Waals surface area contributed by atoms with Crippen molar-refractivity contribution in [2.45, 2.75) is 6.36 Å². The highest BCUT2D eigenvalue weighted by molar-refractivity contribution is 14.1. The van der Waals surface area contributed by atoms with Crippen LogP contribution >= 0.6 is 38.5 Å². The van der Waals surface area contributed by atoms with Gasteiger partial charge in [-0.3, -0.25) is 4.79 Å². The maximum Gasteiger partial charge on any atom is 0.574 e. The summed E-state index contributed by atoms with van der Waals surface area (Å²) in [5, 5.41) is 0. The number of pyridine rings is 1. The van der Waals surface area contributed by atoms with E-state index in [4.69, 9.17) is 0 Å². The highest BCUT2D eigenvalue weighted by Gasteiger charge is 2.31. The molecule has 3 nitrogen and oxygen atoms in total. The van der Waals surface area contributed by atoms with Crippen LogP contribution in [-0.4, -0.2) is 11.3 Å². The molecule has 0 saturated heterocycles. The molecule has 0 bridgehead atoms. The first-order valence-electron chi connectivity index (χ1n) is 3.13. The second-order valence-electron chi connectivity index (χ2n) is 2.17. The van der Waals surface area contributed by atoms with Crippen LogP contribution < -0.4 is 10.2 Å². The van der Waals surface area contributed by atoms with Crippen LogP contribution in [0.1, 0.15) is 0 Å². The zero-order valence-corrected chi connectivity index (χ0v) is 10.0. The molecule has 1 N–H and O–H groups in total. The molecule has 0 saturated carbocycles. The highest BCUT2D eigenvalue weighted by atomic mass is 127. The van der Waals surface area contributed by atoms with Gasteiger partial charge in [0.25, 0.3) is 0 Å². The number of aromatic amines is 1. The molecule has 0 aliphatic rings. The van der Waals surface area contributed by atoms with Crippen molar-refractivity contribution in [1.82, 2.24) is 4.98 Å². The summed E-state index contributed by atoms with van der Waals surface area (Å²) in [4.78, 5) is 13.3. The number of hydrogen-bond acceptors (Lipinski definition) is 2. The van der Waals surface area contributed by atoms with Gasteiger partial charge in [0, 0.05) is 6.07 Å². The predicted molar refractivity (Wildman–Crippen MR) is 54.2 cm³/mol. The Balaban J connectivity index is 3.08. The van der Waals surface area contributed by atoms with E-state index >= 15 is 0 Å². The fraction of sp³-hybridized carbons (Fsp3) is 0.167. The summed E-state index contributed by atoms with van der Waals surface area (Å²) >= 11 is 4.58. The van der Waals surface area contributed by atoms with Gasteiger partial charge in [0.15, 0.2) is 0 Å². The van der Waals surface area contributed by atoms with Crippen molar-refractivity contribution in [1.29, 1.82) is 0 Å². The molecule has 0 atom stereocenters. The lowest BCUT2D eigenvalue weighted by Crippen LogP contribution is -2.19. The minimum Gasteiger partial charge on any atom is -0.390 e. The Morgan fingerprint density at radius 2 is 2.07 bits per heavy atom. The van der Waals surface area contributed by atoms with Crippen LogP contribution in [0.4, 0.5) is 13.2 Å². The average molecular weight is 384 g/mol. The van der Waals surface area contributed by atoms with Crippen molar-refractivity contribution >= 4 is 38.5 Å². The summed E-state index contributed by atoms with van der Waals surface area (Å²) < 4.78 is 39.2. The monoisotopic (exact) mass is 383 g/mol. The van der Waals surface area contributed by atoms with Gasteiger partial charge in [0.2, 0.25) is 11.3 Å². The molecule has 0 unspecified atom stereocenters. The molecule has 1 aromatic heterocycles. The van der Waals surface area contributed by atoms with Crippen LogP contribution in [0.25, 0.3) is 0 Å². The Kier molecular flexibility index (Phi) is 3.45. The number of ether oxygens (including phenoxy) is 1. The van der Waals surface area contributed by atoms with E-state index in [1.54, 1.807) is 22.6 Å². The second-order valence-corrected chi connectivity index (χ2v) is 4.05. The van der Waals surface area contributed by atoms with Gasteiger partial charge in [-0.2, -0.15) is 0 Å². The molecule has 0 spiro atoms. The Labute approximate surface area is 97.9 Å². The summed E-state index contributed by atoms with van der Waals surface area (Å²) in [6, 6.07) is 0.722. The van der Waals surface area contributed by atoms with Crippen molar-refractivity contribution in [3.8, 4) is 5.88 Å². The number of hydrogen-bond donors (Lipinski definition) is 1. The lowest BCUT2D eigenvalue weighted by atomic mass is 10.5. The summed E-state index contributed by atoms with van der Waals surface area (Å²) in [5.74, 6) is -0.630. The fourth-order valence-corrected chi connectivity index (χ4v) is 1.41. The van der Waals surface area contributed by atoms with Crippen LogP contribution in [0.2, 0.25) is 0 Å². The van der Waals surface area contributed by atoms with E-state index in [1.807, 2.05) is 0 Å². The topological polar surface area (TPSA) is 42.1 Å². The van der Waals surface area contributed by atoms with Crippen LogP contribution in [-0.2, 0) is 0 Å². The van der Waals surface area contributed by atoms with Crippen LogP contribution in [0.15, 0.2) is 15.3 Å². The minimum atomic E-state index is -4.81. The van der Waals surface area contributed by atoms with E-state index in [-0.39, 0.29) is 8.17 Å². The molecule has 0 fully saturated rings. The van der Waals surface area contributed by atoms with Crippen LogP contribution in [0.3, 0.4) is 0 Å². The molecule has 1 rings (SSSR count). The number of aromatic nitrogens is 1. The SMILES string of the molecule is O=c1cc(OC(F)(F)F)[nH]c(I)c1Br. The predicted octanol–water partition coefficient (Wildman–Crippen LogP) is 2.64. The standard InChI is InChI=1S/C6H2BrF3INO2/c7-4-2(13)1-3(12-5(4)11)14-6(8,9)10/h1H,(H,12,13). The van der Waals surface area contributed by atoms with Gasteiger partial charge in [0.1, 0.15) is 0 Å². The van der Waals surface area contributed by atoms with Gasteiger partial charge in [0.05, 0.1) is 8.17 Å². The highest BCUT2D eigenvalue weighted by Crippen LogP contribution is 2.22. The zero-order chi connectivity index (χ0) is 10.9. The average Bonchev–Trinajstić information content (AvgIpc) is 1.96. The molecular weight excluding hydrogens is 382 g/mol. The number of alkyl halides is 3. The van der Waals surface area contributed by atoms with E-state index < -0.39 is 17.7 Å². The molecule has 14 heavy (non-hydrogen) atoms. The third-order valence-corrected chi connectivity index (χ3v) is 3.47. The number of rotatable bonds is 1. The molecule has 1 aromatic rings. The van der Waals surface area contributed by atoms with Crippen molar-refractivity contribution in [3.63, 3.8) is 0 Å². The number of nitrogens with one attached hydrogen (secondary N) is 1. The number of H-pyrrole nitrogens is 1. The summed E-state index contributed by atoms with van der Waals surface area (Å²) in [5.41, 5.74) is -0.576. The lowest BCUT2D eigenvalue weighted by Gasteiger charge is -2.08. The molecular formula is C6H2BrF3INO2. The van der Waals surface area contributed by atoms with E-state index in [9.17, 15) is 18.0 Å². The molecule has 1 heterocycles. The van der Waals surface area contributed by atoms with Crippen molar-refractivity contribution in [3.05, 3.63) is 24.5 Å². The first-order chi connectivity index (χ1) is 6.29. The second kappa shape index (κ2) is 4.09. The van der Waals surface area contributed by atoms with Gasteiger partial charge < -0.3 is 9.72 Å². The maximum atomic E-state index is 11.7. The normalized spacial score (nSPS) is 11.5. The van der Waals surface area contributed by atoms with Crippen molar-refractivity contribution < 1.29 is 17.9 Å². The van der Waals surface area contributed by atoms with E-state index in [0.717, 1.165) is 6.07 Å². The van der Waals surface area contributed by atoms with Gasteiger partial charge >= 0.3 is 6.36 Å². The summed E-state index contributed by atoms with van der Waals surface area (Å²) in [7, 11) is 0. The zero-order valence-electron chi connectivity index (χ0n) is 6.28. The third-order valence-electron chi connectivity index (χ3n) is 1.13. The first kappa shape index (κ1) is 11.8. The first-order valence-corrected chi connectivity index (χ1v) is 5.01. The molecule has 0 amide bonds. The van der Waals surface area contributed by atoms with Gasteiger partial charge in [-0.1, -0.05) is 0 Å². The Bertz CT molecular complexity index is 403.